The number of benzene rings is 1. The second-order valence-electron chi connectivity index (χ2n) is 3.24. The van der Waals surface area contributed by atoms with Gasteiger partial charge in [0.15, 0.2) is 0 Å². The third kappa shape index (κ3) is 0.988. The molecule has 1 aliphatic rings. The van der Waals surface area contributed by atoms with Gasteiger partial charge in [-0.3, -0.25) is 0 Å². The number of aryl methyl sites for hydroxylation is 2. The van der Waals surface area contributed by atoms with Crippen molar-refractivity contribution in [3.63, 3.8) is 0 Å². The number of rotatable bonds is 0. The maximum atomic E-state index is 2.30. The van der Waals surface area contributed by atoms with Gasteiger partial charge in [-0.25, -0.2) is 0 Å². The minimum absolute atomic E-state index is 1.12. The Morgan fingerprint density at radius 3 is 2.64 bits per heavy atom. The molecule has 0 aromatic heterocycles. The lowest BCUT2D eigenvalue weighted by Gasteiger charge is -2.03. The molecule has 0 spiro atoms. The van der Waals surface area contributed by atoms with Gasteiger partial charge < -0.3 is 0 Å². The summed E-state index contributed by atoms with van der Waals surface area (Å²) in [6.45, 7) is 4.34. The average Bonchev–Trinajstić information content (AvgIpc) is 2.36. The summed E-state index contributed by atoms with van der Waals surface area (Å²) >= 11 is 0. The lowest BCUT2D eigenvalue weighted by atomic mass is 10.0. The average molecular weight is 144 g/mol. The molecule has 56 valence electrons. The van der Waals surface area contributed by atoms with Crippen LogP contribution in [0.1, 0.15) is 22.3 Å². The van der Waals surface area contributed by atoms with E-state index in [1.165, 1.54) is 22.3 Å². The molecule has 0 heteroatoms. The molecule has 2 rings (SSSR count). The van der Waals surface area contributed by atoms with Crippen molar-refractivity contribution >= 4 is 6.08 Å². The summed E-state index contributed by atoms with van der Waals surface area (Å²) in [5, 5.41) is 0. The first-order chi connectivity index (χ1) is 5.27. The van der Waals surface area contributed by atoms with Gasteiger partial charge >= 0.3 is 0 Å². The zero-order chi connectivity index (χ0) is 7.84. The Morgan fingerprint density at radius 2 is 1.82 bits per heavy atom. The normalized spacial score (nSPS) is 13.6. The van der Waals surface area contributed by atoms with Gasteiger partial charge in [0.1, 0.15) is 0 Å². The summed E-state index contributed by atoms with van der Waals surface area (Å²) in [7, 11) is 0. The molecule has 0 saturated carbocycles. The summed E-state index contributed by atoms with van der Waals surface area (Å²) in [5.41, 5.74) is 5.70. The highest BCUT2D eigenvalue weighted by molar-refractivity contribution is 5.61. The summed E-state index contributed by atoms with van der Waals surface area (Å²) in [6.07, 6.45) is 5.56. The van der Waals surface area contributed by atoms with Crippen molar-refractivity contribution in [1.82, 2.24) is 0 Å². The van der Waals surface area contributed by atoms with Gasteiger partial charge in [-0.1, -0.05) is 24.3 Å². The zero-order valence-corrected chi connectivity index (χ0v) is 7.02. The van der Waals surface area contributed by atoms with Gasteiger partial charge in [0, 0.05) is 0 Å². The minimum Gasteiger partial charge on any atom is -0.0795 e. The molecule has 1 aromatic carbocycles. The van der Waals surface area contributed by atoms with Crippen LogP contribution in [0, 0.1) is 13.8 Å². The molecule has 0 bridgehead atoms. The van der Waals surface area contributed by atoms with E-state index in [-0.39, 0.29) is 0 Å². The fourth-order valence-corrected chi connectivity index (χ4v) is 1.54. The molecule has 0 nitrogen and oxygen atoms in total. The second kappa shape index (κ2) is 2.23. The van der Waals surface area contributed by atoms with E-state index in [4.69, 9.17) is 0 Å². The topological polar surface area (TPSA) is 0 Å². The van der Waals surface area contributed by atoms with Crippen LogP contribution in [0.2, 0.25) is 0 Å². The van der Waals surface area contributed by atoms with Crippen LogP contribution in [0.25, 0.3) is 6.08 Å². The molecular weight excluding hydrogens is 132 g/mol. The first-order valence-corrected chi connectivity index (χ1v) is 4.04. The highest BCUT2D eigenvalue weighted by atomic mass is 14.1. The van der Waals surface area contributed by atoms with Crippen molar-refractivity contribution in [3.8, 4) is 0 Å². The van der Waals surface area contributed by atoms with E-state index in [9.17, 15) is 0 Å². The Morgan fingerprint density at radius 1 is 1.09 bits per heavy atom. The van der Waals surface area contributed by atoms with E-state index >= 15 is 0 Å². The molecule has 1 aliphatic carbocycles. The second-order valence-corrected chi connectivity index (χ2v) is 3.24. The van der Waals surface area contributed by atoms with Crippen molar-refractivity contribution in [3.05, 3.63) is 40.5 Å². The monoisotopic (exact) mass is 144 g/mol. The summed E-state index contributed by atoms with van der Waals surface area (Å²) < 4.78 is 0. The molecule has 0 atom stereocenters. The van der Waals surface area contributed by atoms with Gasteiger partial charge in [-0.2, -0.15) is 0 Å². The fraction of sp³-hybridized carbons (Fsp3) is 0.273. The van der Waals surface area contributed by atoms with Crippen LogP contribution in [-0.4, -0.2) is 0 Å². The molecule has 11 heavy (non-hydrogen) atoms. The van der Waals surface area contributed by atoms with E-state index in [0.29, 0.717) is 0 Å². The fourth-order valence-electron chi connectivity index (χ4n) is 1.54. The minimum atomic E-state index is 1.12. The Bertz CT molecular complexity index is 319. The van der Waals surface area contributed by atoms with Crippen LogP contribution in [-0.2, 0) is 6.42 Å². The van der Waals surface area contributed by atoms with Gasteiger partial charge in [0.25, 0.3) is 0 Å². The molecule has 0 fully saturated rings. The number of allylic oxidation sites excluding steroid dienone is 1. The predicted octanol–water partition coefficient (Wildman–Crippen LogP) is 2.87. The molecule has 1 aromatic rings. The lowest BCUT2D eigenvalue weighted by molar-refractivity contribution is 1.24. The van der Waals surface area contributed by atoms with E-state index in [1.54, 1.807) is 0 Å². The number of hydrogen-bond donors (Lipinski definition) is 0. The van der Waals surface area contributed by atoms with Crippen molar-refractivity contribution in [2.24, 2.45) is 0 Å². The van der Waals surface area contributed by atoms with Crippen LogP contribution in [0.4, 0.5) is 0 Å². The summed E-state index contributed by atoms with van der Waals surface area (Å²) in [4.78, 5) is 0. The predicted molar refractivity (Wildman–Crippen MR) is 48.7 cm³/mol. The van der Waals surface area contributed by atoms with Gasteiger partial charge in [-0.05, 0) is 42.5 Å². The van der Waals surface area contributed by atoms with E-state index in [2.05, 4.69) is 38.1 Å². The smallest absolute Gasteiger partial charge is 0.00881 e. The molecule has 0 saturated heterocycles. The van der Waals surface area contributed by atoms with Crippen molar-refractivity contribution in [1.29, 1.82) is 0 Å². The molecule has 0 unspecified atom stereocenters. The third-order valence-electron chi connectivity index (χ3n) is 2.39. The van der Waals surface area contributed by atoms with Gasteiger partial charge in [0.2, 0.25) is 0 Å². The van der Waals surface area contributed by atoms with E-state index < -0.39 is 0 Å². The quantitative estimate of drug-likeness (QED) is 0.525. The van der Waals surface area contributed by atoms with Gasteiger partial charge in [0.05, 0.1) is 0 Å². The highest BCUT2D eigenvalue weighted by Gasteiger charge is 2.05. The molecule has 0 amide bonds. The van der Waals surface area contributed by atoms with E-state index in [0.717, 1.165) is 6.42 Å². The van der Waals surface area contributed by atoms with Gasteiger partial charge in [-0.15, -0.1) is 0 Å². The maximum absolute atomic E-state index is 2.30. The maximum Gasteiger partial charge on any atom is -0.00881 e. The first-order valence-electron chi connectivity index (χ1n) is 4.04. The van der Waals surface area contributed by atoms with Crippen LogP contribution in [0.3, 0.4) is 0 Å². The van der Waals surface area contributed by atoms with Crippen LogP contribution in [0.15, 0.2) is 18.2 Å². The molecule has 0 radical (unpaired) electrons. The summed E-state index contributed by atoms with van der Waals surface area (Å²) in [6, 6.07) is 4.57. The molecule has 0 aliphatic heterocycles. The van der Waals surface area contributed by atoms with Crippen LogP contribution in [0.5, 0.6) is 0 Å². The summed E-state index contributed by atoms with van der Waals surface area (Å²) in [5.74, 6) is 0. The Hall–Kier alpha value is -1.04. The van der Waals surface area contributed by atoms with Crippen LogP contribution < -0.4 is 0 Å². The molecular formula is C11H12. The Kier molecular flexibility index (Phi) is 1.35. The van der Waals surface area contributed by atoms with Crippen molar-refractivity contribution in [2.45, 2.75) is 20.3 Å². The van der Waals surface area contributed by atoms with Crippen molar-refractivity contribution in [2.75, 3.05) is 0 Å². The highest BCUT2D eigenvalue weighted by Crippen LogP contribution is 2.22. The largest absolute Gasteiger partial charge is 0.0795 e. The standard InChI is InChI=1S/C11H12/c1-8-6-10-4-3-5-11(10)7-9(8)2/h3-4,6-7H,5H2,1-2H3. The zero-order valence-electron chi connectivity index (χ0n) is 7.02. The first kappa shape index (κ1) is 6.66. The molecule has 0 N–H and O–H groups in total. The Balaban J connectivity index is 2.63. The number of fused-ring (bicyclic) bond motifs is 1. The number of hydrogen-bond acceptors (Lipinski definition) is 0. The van der Waals surface area contributed by atoms with Crippen LogP contribution >= 0.6 is 0 Å². The SMILES string of the molecule is Cc1cc2c(cc1C)CC=C2. The molecule has 0 heterocycles. The Labute approximate surface area is 67.6 Å². The van der Waals surface area contributed by atoms with E-state index in [1.807, 2.05) is 0 Å². The lowest BCUT2D eigenvalue weighted by Crippen LogP contribution is -1.86. The third-order valence-corrected chi connectivity index (χ3v) is 2.39. The van der Waals surface area contributed by atoms with Crippen molar-refractivity contribution < 1.29 is 0 Å².